The van der Waals surface area contributed by atoms with Crippen molar-refractivity contribution in [3.63, 3.8) is 0 Å². The first-order chi connectivity index (χ1) is 12.2. The van der Waals surface area contributed by atoms with Crippen molar-refractivity contribution in [3.05, 3.63) is 59.4 Å². The first-order valence-electron chi connectivity index (χ1n) is 8.37. The number of sulfonamides is 1. The van der Waals surface area contributed by atoms with Gasteiger partial charge < -0.3 is 4.90 Å². The molecule has 0 aliphatic heterocycles. The van der Waals surface area contributed by atoms with Crippen LogP contribution >= 0.6 is 0 Å². The summed E-state index contributed by atoms with van der Waals surface area (Å²) in [6.07, 6.45) is 0.00922. The van der Waals surface area contributed by atoms with Crippen LogP contribution < -0.4 is 9.62 Å². The highest BCUT2D eigenvalue weighted by molar-refractivity contribution is 7.89. The third-order valence-corrected chi connectivity index (χ3v) is 5.63. The van der Waals surface area contributed by atoms with Crippen LogP contribution in [0.15, 0.2) is 47.4 Å². The predicted octanol–water partition coefficient (Wildman–Crippen LogP) is 3.16. The van der Waals surface area contributed by atoms with Gasteiger partial charge in [0.05, 0.1) is 4.90 Å². The Morgan fingerprint density at radius 3 is 2.31 bits per heavy atom. The Labute approximate surface area is 153 Å². The van der Waals surface area contributed by atoms with Crippen molar-refractivity contribution in [1.82, 2.24) is 4.72 Å². The molecule has 2 rings (SSSR count). The molecular formula is C19H23FN2O3S. The Balaban J connectivity index is 1.99. The molecule has 0 atom stereocenters. The number of benzene rings is 2. The van der Waals surface area contributed by atoms with Crippen molar-refractivity contribution in [2.24, 2.45) is 0 Å². The summed E-state index contributed by atoms with van der Waals surface area (Å²) in [6, 6.07) is 10.5. The number of nitrogens with zero attached hydrogens (tertiary/aromatic N) is 1. The van der Waals surface area contributed by atoms with Gasteiger partial charge in [-0.25, -0.2) is 17.5 Å². The monoisotopic (exact) mass is 378 g/mol. The Morgan fingerprint density at radius 2 is 1.73 bits per heavy atom. The zero-order valence-electron chi connectivity index (χ0n) is 15.1. The van der Waals surface area contributed by atoms with E-state index in [-0.39, 0.29) is 29.6 Å². The molecule has 0 heterocycles. The van der Waals surface area contributed by atoms with Crippen molar-refractivity contribution in [3.8, 4) is 0 Å². The number of hydrogen-bond acceptors (Lipinski definition) is 3. The highest BCUT2D eigenvalue weighted by Crippen LogP contribution is 2.17. The maximum Gasteiger partial charge on any atom is 0.240 e. The lowest BCUT2D eigenvalue weighted by Gasteiger charge is -2.21. The van der Waals surface area contributed by atoms with Crippen molar-refractivity contribution >= 4 is 21.6 Å². The second-order valence-corrected chi connectivity index (χ2v) is 7.78. The number of nitrogens with one attached hydrogen (secondary N) is 1. The third-order valence-electron chi connectivity index (χ3n) is 4.18. The number of halogens is 1. The summed E-state index contributed by atoms with van der Waals surface area (Å²) >= 11 is 0. The van der Waals surface area contributed by atoms with E-state index < -0.39 is 10.0 Å². The van der Waals surface area contributed by atoms with Crippen LogP contribution in [-0.4, -0.2) is 27.4 Å². The molecule has 1 N–H and O–H groups in total. The molecule has 0 aliphatic rings. The number of hydrogen-bond donors (Lipinski definition) is 1. The van der Waals surface area contributed by atoms with Gasteiger partial charge in [0.1, 0.15) is 5.82 Å². The molecule has 0 unspecified atom stereocenters. The van der Waals surface area contributed by atoms with E-state index in [2.05, 4.69) is 4.72 Å². The van der Waals surface area contributed by atoms with Gasteiger partial charge >= 0.3 is 0 Å². The fraction of sp³-hybridized carbons (Fsp3) is 0.316. The molecular weight excluding hydrogens is 355 g/mol. The van der Waals surface area contributed by atoms with Crippen LogP contribution in [0.5, 0.6) is 0 Å². The molecule has 140 valence electrons. The van der Waals surface area contributed by atoms with Gasteiger partial charge in [-0.15, -0.1) is 0 Å². The van der Waals surface area contributed by atoms with Crippen LogP contribution in [0.4, 0.5) is 10.1 Å². The van der Waals surface area contributed by atoms with E-state index in [9.17, 15) is 17.6 Å². The standard InChI is InChI=1S/C19H23FN2O3S/c1-4-22(17-8-6-16(20)7-9-17)19(23)11-12-21-26(24,25)18-10-5-14(2)15(3)13-18/h5-10,13,21H,4,11-12H2,1-3H3. The lowest BCUT2D eigenvalue weighted by molar-refractivity contribution is -0.118. The van der Waals surface area contributed by atoms with Gasteiger partial charge in [-0.1, -0.05) is 6.07 Å². The summed E-state index contributed by atoms with van der Waals surface area (Å²) in [7, 11) is -3.67. The Hall–Kier alpha value is -2.25. The Morgan fingerprint density at radius 1 is 1.08 bits per heavy atom. The molecule has 0 bridgehead atoms. The van der Waals surface area contributed by atoms with E-state index in [4.69, 9.17) is 0 Å². The van der Waals surface area contributed by atoms with E-state index in [0.717, 1.165) is 11.1 Å². The molecule has 0 fully saturated rings. The van der Waals surface area contributed by atoms with Gasteiger partial charge in [0.25, 0.3) is 0 Å². The van der Waals surface area contributed by atoms with E-state index in [0.29, 0.717) is 12.2 Å². The van der Waals surface area contributed by atoms with Crippen molar-refractivity contribution < 1.29 is 17.6 Å². The first kappa shape index (κ1) is 20.1. The van der Waals surface area contributed by atoms with Crippen LogP contribution in [-0.2, 0) is 14.8 Å². The Kier molecular flexibility index (Phi) is 6.50. The lowest BCUT2D eigenvalue weighted by Crippen LogP contribution is -2.34. The lowest BCUT2D eigenvalue weighted by atomic mass is 10.1. The van der Waals surface area contributed by atoms with Crippen molar-refractivity contribution in [2.75, 3.05) is 18.0 Å². The Bertz CT molecular complexity index is 880. The van der Waals surface area contributed by atoms with Gasteiger partial charge in [0.15, 0.2) is 0 Å². The van der Waals surface area contributed by atoms with Crippen molar-refractivity contribution in [2.45, 2.75) is 32.1 Å². The molecule has 0 aliphatic carbocycles. The van der Waals surface area contributed by atoms with Gasteiger partial charge in [-0.2, -0.15) is 0 Å². The number of amides is 1. The normalized spacial score (nSPS) is 11.4. The second-order valence-electron chi connectivity index (χ2n) is 6.01. The van der Waals surface area contributed by atoms with E-state index in [1.165, 1.54) is 29.2 Å². The van der Waals surface area contributed by atoms with Crippen LogP contribution in [0, 0.1) is 19.7 Å². The molecule has 26 heavy (non-hydrogen) atoms. The summed E-state index contributed by atoms with van der Waals surface area (Å²) in [4.78, 5) is 14.0. The number of carbonyl (C=O) groups excluding carboxylic acids is 1. The fourth-order valence-electron chi connectivity index (χ4n) is 2.52. The molecule has 2 aromatic carbocycles. The minimum absolute atomic E-state index is 0.00815. The maximum atomic E-state index is 13.0. The summed E-state index contributed by atoms with van der Waals surface area (Å²) in [5.41, 5.74) is 2.48. The zero-order valence-corrected chi connectivity index (χ0v) is 15.9. The number of carbonyl (C=O) groups is 1. The average molecular weight is 378 g/mol. The topological polar surface area (TPSA) is 66.5 Å². The highest BCUT2D eigenvalue weighted by Gasteiger charge is 2.17. The predicted molar refractivity (Wildman–Crippen MR) is 100 cm³/mol. The van der Waals surface area contributed by atoms with Crippen LogP contribution in [0.3, 0.4) is 0 Å². The van der Waals surface area contributed by atoms with Gasteiger partial charge in [0, 0.05) is 25.2 Å². The number of aryl methyl sites for hydroxylation is 2. The second kappa shape index (κ2) is 8.42. The SMILES string of the molecule is CCN(C(=O)CCNS(=O)(=O)c1ccc(C)c(C)c1)c1ccc(F)cc1. The highest BCUT2D eigenvalue weighted by atomic mass is 32.2. The van der Waals surface area contributed by atoms with Crippen LogP contribution in [0.1, 0.15) is 24.5 Å². The average Bonchev–Trinajstić information content (AvgIpc) is 2.59. The zero-order chi connectivity index (χ0) is 19.3. The maximum absolute atomic E-state index is 13.0. The summed E-state index contributed by atoms with van der Waals surface area (Å²) in [6.45, 7) is 5.97. The summed E-state index contributed by atoms with van der Waals surface area (Å²) < 4.78 is 40.2. The minimum Gasteiger partial charge on any atom is -0.313 e. The van der Waals surface area contributed by atoms with E-state index >= 15 is 0 Å². The molecule has 0 saturated heterocycles. The smallest absolute Gasteiger partial charge is 0.240 e. The van der Waals surface area contributed by atoms with Gasteiger partial charge in [-0.3, -0.25) is 4.79 Å². The molecule has 1 amide bonds. The van der Waals surface area contributed by atoms with Crippen molar-refractivity contribution in [1.29, 1.82) is 0 Å². The van der Waals surface area contributed by atoms with E-state index in [1.807, 2.05) is 13.8 Å². The number of rotatable bonds is 7. The molecule has 0 saturated carbocycles. The first-order valence-corrected chi connectivity index (χ1v) is 9.85. The van der Waals surface area contributed by atoms with Gasteiger partial charge in [-0.05, 0) is 68.3 Å². The van der Waals surface area contributed by atoms with E-state index in [1.54, 1.807) is 25.1 Å². The molecule has 7 heteroatoms. The molecule has 0 spiro atoms. The largest absolute Gasteiger partial charge is 0.313 e. The van der Waals surface area contributed by atoms with Gasteiger partial charge in [0.2, 0.25) is 15.9 Å². The third kappa shape index (κ3) is 4.89. The summed E-state index contributed by atoms with van der Waals surface area (Å²) in [5, 5.41) is 0. The quantitative estimate of drug-likeness (QED) is 0.805. The number of anilines is 1. The molecule has 2 aromatic rings. The van der Waals surface area contributed by atoms with Crippen LogP contribution in [0.25, 0.3) is 0 Å². The minimum atomic E-state index is -3.67. The summed E-state index contributed by atoms with van der Waals surface area (Å²) in [5.74, 6) is -0.611. The fourth-order valence-corrected chi connectivity index (χ4v) is 3.63. The molecule has 0 radical (unpaired) electrons. The molecule has 0 aromatic heterocycles. The molecule has 5 nitrogen and oxygen atoms in total. The van der Waals surface area contributed by atoms with Crippen LogP contribution in [0.2, 0.25) is 0 Å².